The second-order valence-corrected chi connectivity index (χ2v) is 6.49. The maximum atomic E-state index is 12.9. The lowest BCUT2D eigenvalue weighted by atomic mass is 10.00. The van der Waals surface area contributed by atoms with E-state index in [1.807, 2.05) is 4.90 Å². The van der Waals surface area contributed by atoms with E-state index in [4.69, 9.17) is 4.74 Å². The molecule has 1 unspecified atom stereocenters. The zero-order valence-electron chi connectivity index (χ0n) is 15.9. The summed E-state index contributed by atoms with van der Waals surface area (Å²) in [6.45, 7) is 6.12. The predicted molar refractivity (Wildman–Crippen MR) is 100 cm³/mol. The number of carbonyl (C=O) groups excluding carboxylic acids is 3. The fourth-order valence-corrected chi connectivity index (χ4v) is 3.44. The molecule has 1 aliphatic heterocycles. The maximum Gasteiger partial charge on any atom is 0.340 e. The van der Waals surface area contributed by atoms with Crippen LogP contribution in [0.5, 0.6) is 0 Å². The first-order valence-corrected chi connectivity index (χ1v) is 9.33. The van der Waals surface area contributed by atoms with E-state index in [-0.39, 0.29) is 31.0 Å². The zero-order valence-corrected chi connectivity index (χ0v) is 15.9. The topological polar surface area (TPSA) is 66.9 Å². The van der Waals surface area contributed by atoms with Gasteiger partial charge in [0.2, 0.25) is 11.8 Å². The highest BCUT2D eigenvalue weighted by atomic mass is 16.5. The molecule has 1 aromatic rings. The Morgan fingerprint density at radius 3 is 2.58 bits per heavy atom. The SMILES string of the molecule is CCOC(=O)c1ccccc1N(CC(=O)N1CCCCC1CC)C(C)=O. The molecule has 1 aromatic carbocycles. The van der Waals surface area contributed by atoms with Gasteiger partial charge in [-0.05, 0) is 44.7 Å². The van der Waals surface area contributed by atoms with Crippen LogP contribution in [-0.4, -0.2) is 48.4 Å². The molecular weight excluding hydrogens is 332 g/mol. The van der Waals surface area contributed by atoms with Gasteiger partial charge in [0.25, 0.3) is 0 Å². The Morgan fingerprint density at radius 1 is 1.19 bits per heavy atom. The van der Waals surface area contributed by atoms with Crippen molar-refractivity contribution in [1.82, 2.24) is 4.90 Å². The number of para-hydroxylation sites is 1. The van der Waals surface area contributed by atoms with Gasteiger partial charge in [-0.15, -0.1) is 0 Å². The molecule has 1 saturated heterocycles. The number of hydrogen-bond donors (Lipinski definition) is 0. The first-order valence-electron chi connectivity index (χ1n) is 9.33. The first kappa shape index (κ1) is 19.9. The van der Waals surface area contributed by atoms with Crippen LogP contribution in [0.25, 0.3) is 0 Å². The average molecular weight is 360 g/mol. The normalized spacial score (nSPS) is 16.9. The van der Waals surface area contributed by atoms with Crippen LogP contribution in [0.3, 0.4) is 0 Å². The standard InChI is InChI=1S/C20H28N2O4/c1-4-16-10-8-9-13-21(16)19(24)14-22(15(3)23)18-12-7-6-11-17(18)20(25)26-5-2/h6-7,11-12,16H,4-5,8-10,13-14H2,1-3H3. The Balaban J connectivity index is 2.26. The van der Waals surface area contributed by atoms with Crippen molar-refractivity contribution in [3.05, 3.63) is 29.8 Å². The van der Waals surface area contributed by atoms with Gasteiger partial charge in [0.15, 0.2) is 0 Å². The third-order valence-electron chi connectivity index (χ3n) is 4.78. The van der Waals surface area contributed by atoms with Crippen molar-refractivity contribution in [2.24, 2.45) is 0 Å². The van der Waals surface area contributed by atoms with E-state index in [0.717, 1.165) is 32.2 Å². The molecule has 0 bridgehead atoms. The van der Waals surface area contributed by atoms with Gasteiger partial charge in [0.05, 0.1) is 17.9 Å². The first-order chi connectivity index (χ1) is 12.5. The second-order valence-electron chi connectivity index (χ2n) is 6.49. The van der Waals surface area contributed by atoms with Crippen LogP contribution in [0.2, 0.25) is 0 Å². The molecule has 0 saturated carbocycles. The molecule has 1 heterocycles. The lowest BCUT2D eigenvalue weighted by Crippen LogP contribution is -2.49. The lowest BCUT2D eigenvalue weighted by Gasteiger charge is -2.36. The molecule has 2 amide bonds. The Hall–Kier alpha value is -2.37. The monoisotopic (exact) mass is 360 g/mol. The van der Waals surface area contributed by atoms with Gasteiger partial charge in [-0.25, -0.2) is 4.79 Å². The molecule has 0 spiro atoms. The van der Waals surface area contributed by atoms with Gasteiger partial charge in [-0.1, -0.05) is 19.1 Å². The minimum atomic E-state index is -0.494. The Kier molecular flexibility index (Phi) is 7.18. The van der Waals surface area contributed by atoms with E-state index in [1.54, 1.807) is 31.2 Å². The summed E-state index contributed by atoms with van der Waals surface area (Å²) in [5, 5.41) is 0. The summed E-state index contributed by atoms with van der Waals surface area (Å²) >= 11 is 0. The number of ether oxygens (including phenoxy) is 1. The van der Waals surface area contributed by atoms with Crippen molar-refractivity contribution in [2.75, 3.05) is 24.6 Å². The van der Waals surface area contributed by atoms with Crippen molar-refractivity contribution < 1.29 is 19.1 Å². The number of esters is 1. The van der Waals surface area contributed by atoms with Gasteiger partial charge < -0.3 is 14.5 Å². The molecule has 0 aliphatic carbocycles. The van der Waals surface area contributed by atoms with Crippen LogP contribution in [0.1, 0.15) is 56.8 Å². The van der Waals surface area contributed by atoms with Crippen molar-refractivity contribution in [3.63, 3.8) is 0 Å². The summed E-state index contributed by atoms with van der Waals surface area (Å²) in [6.07, 6.45) is 4.03. The van der Waals surface area contributed by atoms with Crippen LogP contribution in [0, 0.1) is 0 Å². The second kappa shape index (κ2) is 9.36. The number of carbonyl (C=O) groups is 3. The highest BCUT2D eigenvalue weighted by Gasteiger charge is 2.29. The summed E-state index contributed by atoms with van der Waals surface area (Å²) < 4.78 is 5.08. The van der Waals surface area contributed by atoms with Crippen LogP contribution >= 0.6 is 0 Å². The molecule has 1 atom stereocenters. The van der Waals surface area contributed by atoms with Crippen LogP contribution < -0.4 is 4.90 Å². The maximum absolute atomic E-state index is 12.9. The number of piperidine rings is 1. The number of anilines is 1. The van der Waals surface area contributed by atoms with Crippen molar-refractivity contribution in [3.8, 4) is 0 Å². The fraction of sp³-hybridized carbons (Fsp3) is 0.550. The minimum Gasteiger partial charge on any atom is -0.462 e. The molecule has 6 heteroatoms. The van der Waals surface area contributed by atoms with E-state index >= 15 is 0 Å². The van der Waals surface area contributed by atoms with Crippen LogP contribution in [0.15, 0.2) is 24.3 Å². The van der Waals surface area contributed by atoms with Gasteiger partial charge in [-0.3, -0.25) is 9.59 Å². The van der Waals surface area contributed by atoms with Gasteiger partial charge in [-0.2, -0.15) is 0 Å². The zero-order chi connectivity index (χ0) is 19.1. The van der Waals surface area contributed by atoms with Crippen LogP contribution in [-0.2, 0) is 14.3 Å². The number of amides is 2. The summed E-state index contributed by atoms with van der Waals surface area (Å²) in [4.78, 5) is 40.6. The Morgan fingerprint density at radius 2 is 1.92 bits per heavy atom. The fourth-order valence-electron chi connectivity index (χ4n) is 3.44. The molecular formula is C20H28N2O4. The quantitative estimate of drug-likeness (QED) is 0.732. The summed E-state index contributed by atoms with van der Waals surface area (Å²) in [5.41, 5.74) is 0.708. The van der Waals surface area contributed by atoms with Crippen molar-refractivity contribution >= 4 is 23.5 Å². The number of rotatable bonds is 6. The van der Waals surface area contributed by atoms with Gasteiger partial charge >= 0.3 is 5.97 Å². The Labute approximate surface area is 155 Å². The average Bonchev–Trinajstić information content (AvgIpc) is 2.65. The third kappa shape index (κ3) is 4.62. The van der Waals surface area contributed by atoms with Crippen molar-refractivity contribution in [1.29, 1.82) is 0 Å². The van der Waals surface area contributed by atoms with E-state index in [0.29, 0.717) is 11.3 Å². The molecule has 6 nitrogen and oxygen atoms in total. The molecule has 2 rings (SSSR count). The minimum absolute atomic E-state index is 0.0672. The number of nitrogens with zero attached hydrogens (tertiary/aromatic N) is 2. The van der Waals surface area contributed by atoms with E-state index in [1.165, 1.54) is 11.8 Å². The molecule has 1 aliphatic rings. The molecule has 0 radical (unpaired) electrons. The lowest BCUT2D eigenvalue weighted by molar-refractivity contribution is -0.134. The van der Waals surface area contributed by atoms with E-state index in [2.05, 4.69) is 6.92 Å². The van der Waals surface area contributed by atoms with E-state index < -0.39 is 5.97 Å². The number of likely N-dealkylation sites (tertiary alicyclic amines) is 1. The van der Waals surface area contributed by atoms with Gasteiger partial charge in [0.1, 0.15) is 6.54 Å². The largest absolute Gasteiger partial charge is 0.462 e. The van der Waals surface area contributed by atoms with Crippen molar-refractivity contribution in [2.45, 2.75) is 52.5 Å². The molecule has 0 N–H and O–H groups in total. The highest BCUT2D eigenvalue weighted by molar-refractivity contribution is 6.04. The molecule has 1 fully saturated rings. The van der Waals surface area contributed by atoms with Crippen LogP contribution in [0.4, 0.5) is 5.69 Å². The number of benzene rings is 1. The molecule has 0 aromatic heterocycles. The smallest absolute Gasteiger partial charge is 0.340 e. The number of hydrogen-bond acceptors (Lipinski definition) is 4. The van der Waals surface area contributed by atoms with Gasteiger partial charge in [0, 0.05) is 19.5 Å². The Bertz CT molecular complexity index is 659. The highest BCUT2D eigenvalue weighted by Crippen LogP contribution is 2.24. The third-order valence-corrected chi connectivity index (χ3v) is 4.78. The summed E-state index contributed by atoms with van der Waals surface area (Å²) in [5.74, 6) is -0.850. The molecule has 142 valence electrons. The summed E-state index contributed by atoms with van der Waals surface area (Å²) in [7, 11) is 0. The van der Waals surface area contributed by atoms with E-state index in [9.17, 15) is 14.4 Å². The summed E-state index contributed by atoms with van der Waals surface area (Å²) in [6, 6.07) is 6.98. The predicted octanol–water partition coefficient (Wildman–Crippen LogP) is 3.01. The molecule has 26 heavy (non-hydrogen) atoms.